The monoisotopic (exact) mass is 646 g/mol. The quantitative estimate of drug-likeness (QED) is 0.261. The fourth-order valence-corrected chi connectivity index (χ4v) is 7.21. The Balaban J connectivity index is 1.21. The molecule has 3 aliphatic rings. The van der Waals surface area contributed by atoms with Crippen molar-refractivity contribution < 1.29 is 23.4 Å². The number of ether oxygens (including phenoxy) is 3. The molecule has 0 spiro atoms. The lowest BCUT2D eigenvalue weighted by atomic mass is 9.86. The summed E-state index contributed by atoms with van der Waals surface area (Å²) in [5, 5.41) is 8.46. The van der Waals surface area contributed by atoms with E-state index >= 15 is 0 Å². The van der Waals surface area contributed by atoms with Crippen molar-refractivity contribution in [2.45, 2.75) is 50.9 Å². The Morgan fingerprint density at radius 3 is 2.65 bits per heavy atom. The molecule has 2 aromatic carbocycles. The summed E-state index contributed by atoms with van der Waals surface area (Å²) in [7, 11) is 1.55. The minimum absolute atomic E-state index is 0.0736. The molecule has 1 aromatic heterocycles. The van der Waals surface area contributed by atoms with E-state index in [-0.39, 0.29) is 49.6 Å². The van der Waals surface area contributed by atoms with Crippen molar-refractivity contribution >= 4 is 46.0 Å². The van der Waals surface area contributed by atoms with Gasteiger partial charge in [-0.05, 0) is 67.7 Å². The highest BCUT2D eigenvalue weighted by Gasteiger charge is 2.41. The van der Waals surface area contributed by atoms with Gasteiger partial charge in [-0.15, -0.1) is 0 Å². The fourth-order valence-electron chi connectivity index (χ4n) is 5.65. The van der Waals surface area contributed by atoms with Crippen LogP contribution in [-0.4, -0.2) is 67.3 Å². The number of carbonyl (C=O) groups is 1. The molecule has 3 heterocycles. The predicted octanol–water partition coefficient (Wildman–Crippen LogP) is 5.64. The number of aromatic nitrogens is 1. The average molecular weight is 648 g/mol. The predicted molar refractivity (Wildman–Crippen MR) is 166 cm³/mol. The number of nitrogens with one attached hydrogen (secondary N) is 2. The Morgan fingerprint density at radius 1 is 1.14 bits per heavy atom. The molecule has 6 rings (SSSR count). The van der Waals surface area contributed by atoms with E-state index < -0.39 is 0 Å². The largest absolute Gasteiger partial charge is 0.497 e. The van der Waals surface area contributed by atoms with Crippen LogP contribution in [0.15, 0.2) is 42.1 Å². The van der Waals surface area contributed by atoms with E-state index in [0.717, 1.165) is 35.4 Å². The number of hydrogen-bond donors (Lipinski definition) is 2. The Morgan fingerprint density at radius 2 is 1.91 bits per heavy atom. The summed E-state index contributed by atoms with van der Waals surface area (Å²) >= 11 is 14.0. The third kappa shape index (κ3) is 6.78. The molecule has 2 N–H and O–H groups in total. The van der Waals surface area contributed by atoms with Crippen LogP contribution in [0.1, 0.15) is 35.3 Å². The van der Waals surface area contributed by atoms with Gasteiger partial charge in [-0.3, -0.25) is 4.79 Å². The Bertz CT molecular complexity index is 1520. The molecule has 2 atom stereocenters. The van der Waals surface area contributed by atoms with Crippen LogP contribution in [0.2, 0.25) is 10.0 Å². The van der Waals surface area contributed by atoms with Crippen molar-refractivity contribution in [3.63, 3.8) is 0 Å². The Hall–Kier alpha value is -2.89. The van der Waals surface area contributed by atoms with E-state index in [1.54, 1.807) is 37.6 Å². The minimum atomic E-state index is -0.352. The second-order valence-corrected chi connectivity index (χ2v) is 12.8. The minimum Gasteiger partial charge on any atom is -0.497 e. The maximum atomic E-state index is 14.8. The highest BCUT2D eigenvalue weighted by atomic mass is 35.5. The smallest absolute Gasteiger partial charge is 0.273 e. The molecule has 2 aliphatic heterocycles. The molecule has 228 valence electrons. The van der Waals surface area contributed by atoms with Gasteiger partial charge in [0.15, 0.2) is 5.75 Å². The van der Waals surface area contributed by atoms with Gasteiger partial charge in [0, 0.05) is 49.1 Å². The first-order chi connectivity index (χ1) is 20.8. The maximum absolute atomic E-state index is 14.8. The number of hydrogen-bond acceptors (Lipinski definition) is 8. The number of halogens is 3. The molecule has 2 bridgehead atoms. The Labute approximate surface area is 264 Å². The third-order valence-corrected chi connectivity index (χ3v) is 9.38. The van der Waals surface area contributed by atoms with Crippen molar-refractivity contribution in [2.24, 2.45) is 0 Å². The molecule has 2 fully saturated rings. The zero-order valence-electron chi connectivity index (χ0n) is 23.9. The summed E-state index contributed by atoms with van der Waals surface area (Å²) in [6, 6.07) is 8.35. The number of fused-ring (bicyclic) bond motifs is 2. The highest BCUT2D eigenvalue weighted by Crippen LogP contribution is 2.39. The first-order valence-electron chi connectivity index (χ1n) is 14.3. The Kier molecular flexibility index (Phi) is 9.11. The molecule has 8 nitrogen and oxygen atoms in total. The fraction of sp³-hybridized carbons (Fsp3) is 0.419. The normalized spacial score (nSPS) is 19.7. The van der Waals surface area contributed by atoms with Gasteiger partial charge < -0.3 is 29.7 Å². The van der Waals surface area contributed by atoms with E-state index in [1.165, 1.54) is 17.4 Å². The van der Waals surface area contributed by atoms with Gasteiger partial charge in [-0.25, -0.2) is 9.37 Å². The number of rotatable bonds is 11. The lowest BCUT2D eigenvalue weighted by molar-refractivity contribution is -0.128. The van der Waals surface area contributed by atoms with Crippen molar-refractivity contribution in [3.8, 4) is 16.7 Å². The van der Waals surface area contributed by atoms with Gasteiger partial charge in [0.25, 0.3) is 11.1 Å². The van der Waals surface area contributed by atoms with Crippen LogP contribution in [0.25, 0.3) is 5.57 Å². The van der Waals surface area contributed by atoms with Gasteiger partial charge in [0.05, 0.1) is 28.1 Å². The summed E-state index contributed by atoms with van der Waals surface area (Å²) < 4.78 is 31.8. The summed E-state index contributed by atoms with van der Waals surface area (Å²) in [4.78, 5) is 21.5. The van der Waals surface area contributed by atoms with Crippen molar-refractivity contribution in [3.05, 3.63) is 74.0 Å². The zero-order valence-corrected chi connectivity index (χ0v) is 26.3. The number of nitrogens with zero attached hydrogens (tertiary/aromatic N) is 2. The first kappa shape index (κ1) is 30.1. The topological polar surface area (TPSA) is 85.0 Å². The first-order valence-corrected chi connectivity index (χ1v) is 15.9. The van der Waals surface area contributed by atoms with Gasteiger partial charge in [0.2, 0.25) is 0 Å². The van der Waals surface area contributed by atoms with Gasteiger partial charge in [-0.2, -0.15) is 0 Å². The molecule has 1 amide bonds. The van der Waals surface area contributed by atoms with E-state index in [2.05, 4.69) is 15.6 Å². The van der Waals surface area contributed by atoms with Crippen molar-refractivity contribution in [2.75, 3.05) is 33.4 Å². The molecule has 12 heteroatoms. The van der Waals surface area contributed by atoms with Gasteiger partial charge >= 0.3 is 0 Å². The third-order valence-electron chi connectivity index (χ3n) is 7.85. The van der Waals surface area contributed by atoms with Crippen LogP contribution >= 0.6 is 34.5 Å². The SMILES string of the molecule is COc1ccc(F)c(CN(C(=O)C2=C(c3cnc(OCCOc4c(Cl)cc(C)cc4Cl)s3)CC3CNCC2N3)C2CC2)c1. The van der Waals surface area contributed by atoms with E-state index in [4.69, 9.17) is 37.4 Å². The number of aryl methyl sites for hydroxylation is 1. The lowest BCUT2D eigenvalue weighted by Crippen LogP contribution is -2.59. The van der Waals surface area contributed by atoms with Crippen molar-refractivity contribution in [1.29, 1.82) is 0 Å². The standard InChI is InChI=1S/C31H33Cl2FN4O4S/c1-17-9-23(32)29(24(33)10-17)41-7-8-42-31-36-15-27(43-31)22-12-19-13-35-14-26(37-19)28(22)30(39)38(20-3-4-20)16-18-11-21(40-2)5-6-25(18)34/h5-6,9-11,15,19-20,26,35,37H,3-4,7-8,12-14,16H2,1-2H3. The summed E-state index contributed by atoms with van der Waals surface area (Å²) in [5.74, 6) is 0.561. The molecule has 2 unspecified atom stereocenters. The molecule has 0 radical (unpaired) electrons. The van der Waals surface area contributed by atoms with E-state index in [1.807, 2.05) is 11.8 Å². The van der Waals surface area contributed by atoms with Crippen LogP contribution in [0.5, 0.6) is 16.7 Å². The highest BCUT2D eigenvalue weighted by molar-refractivity contribution is 7.14. The summed E-state index contributed by atoms with van der Waals surface area (Å²) in [6.07, 6.45) is 4.25. The van der Waals surface area contributed by atoms with E-state index in [9.17, 15) is 9.18 Å². The van der Waals surface area contributed by atoms with Crippen LogP contribution in [0.4, 0.5) is 4.39 Å². The second kappa shape index (κ2) is 13.0. The number of carbonyl (C=O) groups excluding carboxylic acids is 1. The average Bonchev–Trinajstić information content (AvgIpc) is 3.72. The lowest BCUT2D eigenvalue weighted by Gasteiger charge is -2.40. The summed E-state index contributed by atoms with van der Waals surface area (Å²) in [6.45, 7) is 4.02. The van der Waals surface area contributed by atoms with E-state index in [0.29, 0.717) is 50.8 Å². The van der Waals surface area contributed by atoms with Gasteiger partial charge in [0.1, 0.15) is 24.8 Å². The molecule has 1 saturated heterocycles. The molecular formula is C31H33Cl2FN4O4S. The van der Waals surface area contributed by atoms with Crippen LogP contribution in [0, 0.1) is 12.7 Å². The van der Waals surface area contributed by atoms with Gasteiger partial charge in [-0.1, -0.05) is 34.5 Å². The molecule has 1 aliphatic carbocycles. The molecule has 43 heavy (non-hydrogen) atoms. The molecule has 3 aromatic rings. The number of thiazole rings is 1. The number of amides is 1. The van der Waals surface area contributed by atoms with Crippen LogP contribution in [0.3, 0.4) is 0 Å². The van der Waals surface area contributed by atoms with Crippen LogP contribution < -0.4 is 24.8 Å². The van der Waals surface area contributed by atoms with Crippen molar-refractivity contribution in [1.82, 2.24) is 20.5 Å². The number of methoxy groups -OCH3 is 1. The molecule has 1 saturated carbocycles. The second-order valence-electron chi connectivity index (χ2n) is 11.0. The molecular weight excluding hydrogens is 614 g/mol. The maximum Gasteiger partial charge on any atom is 0.273 e. The summed E-state index contributed by atoms with van der Waals surface area (Å²) in [5.41, 5.74) is 3.07. The van der Waals surface area contributed by atoms with Crippen LogP contribution in [-0.2, 0) is 11.3 Å². The number of benzene rings is 2. The zero-order chi connectivity index (χ0) is 30.1. The number of piperazine rings is 1.